The minimum atomic E-state index is -3.61. The SMILES string of the molecule is CCCCN(C)S(=O)(=O)c1ccc(C(=O)N(Cc2ccccn2)c2nc3c(C)cccc3s2)cc1. The van der Waals surface area contributed by atoms with Crippen molar-refractivity contribution in [2.45, 2.75) is 38.1 Å². The van der Waals surface area contributed by atoms with Crippen LogP contribution in [0.15, 0.2) is 71.8 Å². The maximum Gasteiger partial charge on any atom is 0.260 e. The molecule has 0 fully saturated rings. The molecule has 0 atom stereocenters. The molecule has 4 aromatic rings. The third kappa shape index (κ3) is 5.42. The van der Waals surface area contributed by atoms with E-state index in [1.54, 1.807) is 30.3 Å². The smallest absolute Gasteiger partial charge is 0.260 e. The molecular weight excluding hydrogens is 480 g/mol. The van der Waals surface area contributed by atoms with Gasteiger partial charge in [0.1, 0.15) is 0 Å². The lowest BCUT2D eigenvalue weighted by Gasteiger charge is -2.20. The summed E-state index contributed by atoms with van der Waals surface area (Å²) in [6, 6.07) is 17.6. The molecule has 2 aromatic heterocycles. The molecule has 1 amide bonds. The van der Waals surface area contributed by atoms with Crippen LogP contribution in [0.4, 0.5) is 5.13 Å². The van der Waals surface area contributed by atoms with Crippen LogP contribution in [0, 0.1) is 6.92 Å². The molecule has 182 valence electrons. The molecule has 0 radical (unpaired) electrons. The van der Waals surface area contributed by atoms with E-state index in [2.05, 4.69) is 4.98 Å². The number of unbranched alkanes of at least 4 members (excludes halogenated alkanes) is 1. The first kappa shape index (κ1) is 25.0. The number of pyridine rings is 1. The van der Waals surface area contributed by atoms with Gasteiger partial charge in [0.05, 0.1) is 27.4 Å². The van der Waals surface area contributed by atoms with E-state index >= 15 is 0 Å². The van der Waals surface area contributed by atoms with Gasteiger partial charge in [-0.25, -0.2) is 17.7 Å². The number of sulfonamides is 1. The third-order valence-corrected chi connectivity index (χ3v) is 8.68. The first-order chi connectivity index (χ1) is 16.8. The number of hydrogen-bond acceptors (Lipinski definition) is 6. The largest absolute Gasteiger partial charge is 0.278 e. The standard InChI is InChI=1S/C26H28N4O3S2/c1-4-5-17-29(3)35(32,33)22-14-12-20(13-15-22)25(31)30(18-21-10-6-7-16-27-21)26-28-24-19(2)9-8-11-23(24)34-26/h6-16H,4-5,17-18H2,1-3H3. The number of carbonyl (C=O) groups is 1. The van der Waals surface area contributed by atoms with E-state index in [1.165, 1.54) is 27.8 Å². The van der Waals surface area contributed by atoms with Gasteiger partial charge in [-0.05, 0) is 61.4 Å². The van der Waals surface area contributed by atoms with Crippen molar-refractivity contribution in [3.8, 4) is 0 Å². The number of amides is 1. The predicted molar refractivity (Wildman–Crippen MR) is 140 cm³/mol. The van der Waals surface area contributed by atoms with Gasteiger partial charge in [0.25, 0.3) is 5.91 Å². The van der Waals surface area contributed by atoms with E-state index in [4.69, 9.17) is 4.98 Å². The van der Waals surface area contributed by atoms with E-state index in [-0.39, 0.29) is 17.3 Å². The number of benzene rings is 2. The third-order valence-electron chi connectivity index (χ3n) is 5.77. The molecule has 0 aliphatic carbocycles. The zero-order valence-corrected chi connectivity index (χ0v) is 21.6. The van der Waals surface area contributed by atoms with Gasteiger partial charge in [0.2, 0.25) is 10.0 Å². The van der Waals surface area contributed by atoms with Crippen molar-refractivity contribution in [2.24, 2.45) is 0 Å². The van der Waals surface area contributed by atoms with Crippen molar-refractivity contribution in [1.29, 1.82) is 0 Å². The molecule has 0 saturated heterocycles. The minimum absolute atomic E-state index is 0.166. The highest BCUT2D eigenvalue weighted by atomic mass is 32.2. The molecule has 0 spiro atoms. The first-order valence-electron chi connectivity index (χ1n) is 11.5. The topological polar surface area (TPSA) is 83.5 Å². The Balaban J connectivity index is 1.67. The van der Waals surface area contributed by atoms with E-state index < -0.39 is 10.0 Å². The summed E-state index contributed by atoms with van der Waals surface area (Å²) in [6.45, 7) is 4.71. The quantitative estimate of drug-likeness (QED) is 0.308. The van der Waals surface area contributed by atoms with E-state index in [0.29, 0.717) is 17.2 Å². The number of nitrogens with zero attached hydrogens (tertiary/aromatic N) is 4. The van der Waals surface area contributed by atoms with Gasteiger partial charge in [0.15, 0.2) is 5.13 Å². The Morgan fingerprint density at radius 2 is 1.80 bits per heavy atom. The van der Waals surface area contributed by atoms with Crippen molar-refractivity contribution >= 4 is 42.6 Å². The van der Waals surface area contributed by atoms with Crippen LogP contribution in [0.5, 0.6) is 0 Å². The molecule has 2 aromatic carbocycles. The summed E-state index contributed by atoms with van der Waals surface area (Å²) >= 11 is 1.44. The number of thiazole rings is 1. The Kier molecular flexibility index (Phi) is 7.59. The van der Waals surface area contributed by atoms with Crippen LogP contribution in [0.2, 0.25) is 0 Å². The van der Waals surface area contributed by atoms with Crippen LogP contribution in [-0.2, 0) is 16.6 Å². The fourth-order valence-corrected chi connectivity index (χ4v) is 5.93. The van der Waals surface area contributed by atoms with Crippen LogP contribution in [0.3, 0.4) is 0 Å². The Bertz CT molecular complexity index is 1420. The van der Waals surface area contributed by atoms with Crippen LogP contribution >= 0.6 is 11.3 Å². The highest BCUT2D eigenvalue weighted by Gasteiger charge is 2.25. The second kappa shape index (κ2) is 10.6. The average Bonchev–Trinajstić information content (AvgIpc) is 3.31. The molecule has 9 heteroatoms. The van der Waals surface area contributed by atoms with Crippen molar-refractivity contribution in [3.05, 3.63) is 83.7 Å². The van der Waals surface area contributed by atoms with Gasteiger partial charge in [-0.2, -0.15) is 0 Å². The summed E-state index contributed by atoms with van der Waals surface area (Å²) in [5.41, 5.74) is 3.01. The number of aromatic nitrogens is 2. The van der Waals surface area contributed by atoms with Gasteiger partial charge in [-0.3, -0.25) is 14.7 Å². The Labute approximate surface area is 210 Å². The van der Waals surface area contributed by atoms with Crippen LogP contribution in [0.1, 0.15) is 41.4 Å². The van der Waals surface area contributed by atoms with Crippen molar-refractivity contribution < 1.29 is 13.2 Å². The molecule has 4 rings (SSSR count). The molecule has 0 bridgehead atoms. The first-order valence-corrected chi connectivity index (χ1v) is 13.7. The fraction of sp³-hybridized carbons (Fsp3) is 0.269. The molecule has 0 aliphatic heterocycles. The minimum Gasteiger partial charge on any atom is -0.278 e. The fourth-order valence-electron chi connectivity index (χ4n) is 3.68. The summed E-state index contributed by atoms with van der Waals surface area (Å²) in [6.07, 6.45) is 3.39. The Hall–Kier alpha value is -3.14. The molecular formula is C26H28N4O3S2. The number of aryl methyl sites for hydroxylation is 1. The summed E-state index contributed by atoms with van der Waals surface area (Å²) in [7, 11) is -2.03. The number of fused-ring (bicyclic) bond motifs is 1. The summed E-state index contributed by atoms with van der Waals surface area (Å²) in [5, 5.41) is 0.570. The van der Waals surface area contributed by atoms with Gasteiger partial charge in [-0.15, -0.1) is 0 Å². The monoisotopic (exact) mass is 508 g/mol. The van der Waals surface area contributed by atoms with Crippen molar-refractivity contribution in [1.82, 2.24) is 14.3 Å². The Morgan fingerprint density at radius 3 is 2.46 bits per heavy atom. The number of hydrogen-bond donors (Lipinski definition) is 0. The second-order valence-corrected chi connectivity index (χ2v) is 11.4. The molecule has 35 heavy (non-hydrogen) atoms. The number of anilines is 1. The highest BCUT2D eigenvalue weighted by Crippen LogP contribution is 2.32. The van der Waals surface area contributed by atoms with Crippen LogP contribution in [0.25, 0.3) is 10.2 Å². The zero-order valence-electron chi connectivity index (χ0n) is 20.0. The van der Waals surface area contributed by atoms with Crippen molar-refractivity contribution in [2.75, 3.05) is 18.5 Å². The molecule has 0 saturated carbocycles. The zero-order chi connectivity index (χ0) is 25.0. The maximum atomic E-state index is 13.7. The average molecular weight is 509 g/mol. The normalized spacial score (nSPS) is 11.8. The lowest BCUT2D eigenvalue weighted by Crippen LogP contribution is -2.31. The van der Waals surface area contributed by atoms with Crippen LogP contribution < -0.4 is 4.90 Å². The number of rotatable bonds is 9. The highest BCUT2D eigenvalue weighted by molar-refractivity contribution is 7.89. The molecule has 0 aliphatic rings. The van der Waals surface area contributed by atoms with Crippen molar-refractivity contribution in [3.63, 3.8) is 0 Å². The van der Waals surface area contributed by atoms with E-state index in [1.807, 2.05) is 50.2 Å². The Morgan fingerprint density at radius 1 is 1.03 bits per heavy atom. The van der Waals surface area contributed by atoms with Crippen LogP contribution in [-0.4, -0.2) is 42.2 Å². The second-order valence-electron chi connectivity index (χ2n) is 8.33. The van der Waals surface area contributed by atoms with Gasteiger partial charge in [0, 0.05) is 25.4 Å². The molecule has 7 nitrogen and oxygen atoms in total. The van der Waals surface area contributed by atoms with Gasteiger partial charge >= 0.3 is 0 Å². The summed E-state index contributed by atoms with van der Waals surface area (Å²) in [5.74, 6) is -0.268. The lowest BCUT2D eigenvalue weighted by molar-refractivity contribution is 0.0984. The maximum absolute atomic E-state index is 13.7. The summed E-state index contributed by atoms with van der Waals surface area (Å²) in [4.78, 5) is 24.6. The summed E-state index contributed by atoms with van der Waals surface area (Å²) < 4.78 is 28.1. The number of carbonyl (C=O) groups excluding carboxylic acids is 1. The number of para-hydroxylation sites is 1. The van der Waals surface area contributed by atoms with Gasteiger partial charge < -0.3 is 0 Å². The van der Waals surface area contributed by atoms with E-state index in [0.717, 1.165) is 34.3 Å². The molecule has 0 unspecified atom stereocenters. The van der Waals surface area contributed by atoms with E-state index in [9.17, 15) is 13.2 Å². The predicted octanol–water partition coefficient (Wildman–Crippen LogP) is 5.27. The lowest BCUT2D eigenvalue weighted by atomic mass is 10.2. The molecule has 0 N–H and O–H groups in total. The molecule has 2 heterocycles. The van der Waals surface area contributed by atoms with Gasteiger partial charge in [-0.1, -0.05) is 42.9 Å².